The number of unbranched alkanes of at least 4 members (excludes halogenated alkanes) is 2. The summed E-state index contributed by atoms with van der Waals surface area (Å²) in [5.74, 6) is -2.33. The van der Waals surface area contributed by atoms with Crippen LogP contribution in [0.4, 0.5) is 0 Å². The van der Waals surface area contributed by atoms with Gasteiger partial charge in [0.05, 0.1) is 48.8 Å². The zero-order valence-corrected chi connectivity index (χ0v) is 27.5. The van der Waals surface area contributed by atoms with E-state index in [1.807, 2.05) is 6.92 Å². The summed E-state index contributed by atoms with van der Waals surface area (Å²) in [4.78, 5) is 13.1. The van der Waals surface area contributed by atoms with Crippen molar-refractivity contribution in [2.75, 3.05) is 0 Å². The minimum atomic E-state index is -1.52. The van der Waals surface area contributed by atoms with Crippen molar-refractivity contribution in [2.45, 2.75) is 146 Å². The van der Waals surface area contributed by atoms with Crippen molar-refractivity contribution < 1.29 is 55.5 Å². The Bertz CT molecular complexity index is 991. The number of carbonyl (C=O) groups is 1. The average Bonchev–Trinajstić information content (AvgIpc) is 2.94. The zero-order valence-electron chi connectivity index (χ0n) is 27.5. The van der Waals surface area contributed by atoms with Crippen molar-refractivity contribution in [1.82, 2.24) is 0 Å². The summed E-state index contributed by atoms with van der Waals surface area (Å²) < 4.78 is 5.42. The molecule has 1 heterocycles. The molecule has 0 radical (unpaired) electrons. The zero-order chi connectivity index (χ0) is 34.6. The van der Waals surface area contributed by atoms with Crippen LogP contribution in [-0.4, -0.2) is 113 Å². The highest BCUT2D eigenvalue weighted by molar-refractivity contribution is 5.74. The SMILES string of the molecule is CCCCC[C@H](O)[C@@H]1C(=O)O[C@H](C)[C@H](O)/C=C/C=C/C=C/C=C/C=C(\C)[C@H](O)C[C@H](O)C[C@H](O)C[C@H](O)C[C@H](O)C[C@H](O)C[C@H]1O. The lowest BCUT2D eigenvalue weighted by atomic mass is 9.87. The van der Waals surface area contributed by atoms with Gasteiger partial charge in [0, 0.05) is 12.8 Å². The predicted octanol–water partition coefficient (Wildman–Crippen LogP) is 1.89. The Hall–Kier alpha value is -2.19. The molecular formula is C35H58O11. The quantitative estimate of drug-likeness (QED) is 0.154. The van der Waals surface area contributed by atoms with Crippen LogP contribution in [0, 0.1) is 5.92 Å². The molecule has 0 saturated carbocycles. The lowest BCUT2D eigenvalue weighted by molar-refractivity contribution is -0.168. The number of esters is 1. The average molecular weight is 655 g/mol. The maximum Gasteiger partial charge on any atom is 0.314 e. The van der Waals surface area contributed by atoms with Gasteiger partial charge in [0.1, 0.15) is 18.1 Å². The number of ether oxygens (including phenoxy) is 1. The Kier molecular flexibility index (Phi) is 21.1. The topological polar surface area (TPSA) is 208 Å². The first kappa shape index (κ1) is 41.8. The molecule has 0 aliphatic carbocycles. The van der Waals surface area contributed by atoms with Crippen molar-refractivity contribution in [1.29, 1.82) is 0 Å². The van der Waals surface area contributed by atoms with Gasteiger partial charge in [-0.3, -0.25) is 4.79 Å². The number of carbonyl (C=O) groups excluding carboxylic acids is 1. The van der Waals surface area contributed by atoms with E-state index in [2.05, 4.69) is 0 Å². The molecule has 11 heteroatoms. The summed E-state index contributed by atoms with van der Waals surface area (Å²) in [6.45, 7) is 5.18. The molecule has 9 N–H and O–H groups in total. The van der Waals surface area contributed by atoms with Gasteiger partial charge in [0.15, 0.2) is 0 Å². The Morgan fingerprint density at radius 1 is 0.717 bits per heavy atom. The van der Waals surface area contributed by atoms with Gasteiger partial charge in [0.2, 0.25) is 0 Å². The van der Waals surface area contributed by atoms with Gasteiger partial charge in [-0.25, -0.2) is 0 Å². The fourth-order valence-electron chi connectivity index (χ4n) is 5.27. The molecule has 46 heavy (non-hydrogen) atoms. The molecule has 1 aliphatic rings. The van der Waals surface area contributed by atoms with Crippen LogP contribution < -0.4 is 0 Å². The summed E-state index contributed by atoms with van der Waals surface area (Å²) in [6, 6.07) is 0. The molecule has 0 fully saturated rings. The second-order valence-corrected chi connectivity index (χ2v) is 12.4. The Morgan fingerprint density at radius 3 is 1.74 bits per heavy atom. The first-order valence-electron chi connectivity index (χ1n) is 16.4. The van der Waals surface area contributed by atoms with Gasteiger partial charge >= 0.3 is 5.97 Å². The fraction of sp³-hybridized carbons (Fsp3) is 0.686. The first-order valence-corrected chi connectivity index (χ1v) is 16.4. The van der Waals surface area contributed by atoms with Crippen molar-refractivity contribution in [3.63, 3.8) is 0 Å². The van der Waals surface area contributed by atoms with Gasteiger partial charge < -0.3 is 50.7 Å². The molecule has 0 aromatic carbocycles. The number of rotatable bonds is 5. The number of aliphatic hydroxyl groups is 9. The van der Waals surface area contributed by atoms with E-state index in [4.69, 9.17) is 4.74 Å². The molecule has 1 aliphatic heterocycles. The molecule has 0 aromatic heterocycles. The largest absolute Gasteiger partial charge is 0.459 e. The van der Waals surface area contributed by atoms with Crippen LogP contribution in [-0.2, 0) is 9.53 Å². The fourth-order valence-corrected chi connectivity index (χ4v) is 5.27. The minimum absolute atomic E-state index is 0.0162. The van der Waals surface area contributed by atoms with Gasteiger partial charge in [-0.15, -0.1) is 0 Å². The molecule has 1 rings (SSSR count). The van der Waals surface area contributed by atoms with Gasteiger partial charge in [-0.05, 0) is 51.5 Å². The molecule has 11 atom stereocenters. The minimum Gasteiger partial charge on any atom is -0.459 e. The smallest absolute Gasteiger partial charge is 0.314 e. The highest BCUT2D eigenvalue weighted by atomic mass is 16.6. The highest BCUT2D eigenvalue weighted by Crippen LogP contribution is 2.24. The van der Waals surface area contributed by atoms with Crippen molar-refractivity contribution in [3.05, 3.63) is 60.3 Å². The van der Waals surface area contributed by atoms with Crippen LogP contribution in [0.5, 0.6) is 0 Å². The molecule has 0 bridgehead atoms. The van der Waals surface area contributed by atoms with E-state index in [0.717, 1.165) is 12.8 Å². The summed E-state index contributed by atoms with van der Waals surface area (Å²) >= 11 is 0. The van der Waals surface area contributed by atoms with Crippen LogP contribution >= 0.6 is 0 Å². The standard InChI is InChI=1S/C35H58O11/c1-4-5-11-16-31(42)34-33(44)22-29(40)20-27(38)18-25(36)17-26(37)19-28(39)21-32(43)23(2)14-12-9-7-6-8-10-13-15-30(41)24(3)46-35(34)45/h6-10,12-15,24-34,36-44H,4-5,11,16-22H2,1-3H3/b7-6+,10-8+,12-9+,15-13+,23-14+/t24-,25+,26-,27+,28-,29+,30-,31+,32-,33-,34+/m1/s1. The Morgan fingerprint density at radius 2 is 1.20 bits per heavy atom. The van der Waals surface area contributed by atoms with Crippen LogP contribution in [0.15, 0.2) is 60.3 Å². The molecule has 0 unspecified atom stereocenters. The Balaban J connectivity index is 3.14. The van der Waals surface area contributed by atoms with Crippen LogP contribution in [0.1, 0.15) is 85.0 Å². The molecule has 0 amide bonds. The number of hydrogen-bond acceptors (Lipinski definition) is 11. The third kappa shape index (κ3) is 17.7. The van der Waals surface area contributed by atoms with Crippen LogP contribution in [0.25, 0.3) is 0 Å². The molecule has 0 aromatic rings. The summed E-state index contributed by atoms with van der Waals surface area (Å²) in [5.41, 5.74) is 0.609. The van der Waals surface area contributed by atoms with Crippen molar-refractivity contribution in [2.24, 2.45) is 5.92 Å². The van der Waals surface area contributed by atoms with Gasteiger partial charge in [-0.2, -0.15) is 0 Å². The molecule has 11 nitrogen and oxygen atoms in total. The number of cyclic esters (lactones) is 1. The predicted molar refractivity (Wildman–Crippen MR) is 175 cm³/mol. The van der Waals surface area contributed by atoms with E-state index in [0.29, 0.717) is 12.0 Å². The van der Waals surface area contributed by atoms with Gasteiger partial charge in [0.25, 0.3) is 0 Å². The summed E-state index contributed by atoms with van der Waals surface area (Å²) in [5, 5.41) is 94.8. The van der Waals surface area contributed by atoms with Crippen LogP contribution in [0.2, 0.25) is 0 Å². The first-order chi connectivity index (χ1) is 21.7. The van der Waals surface area contributed by atoms with Crippen LogP contribution in [0.3, 0.4) is 0 Å². The molecule has 0 spiro atoms. The highest BCUT2D eigenvalue weighted by Gasteiger charge is 2.37. The number of aliphatic hydroxyl groups excluding tert-OH is 9. The van der Waals surface area contributed by atoms with E-state index in [-0.39, 0.29) is 44.9 Å². The van der Waals surface area contributed by atoms with E-state index in [9.17, 15) is 50.8 Å². The second-order valence-electron chi connectivity index (χ2n) is 12.4. The monoisotopic (exact) mass is 654 g/mol. The van der Waals surface area contributed by atoms with E-state index < -0.39 is 72.9 Å². The lowest BCUT2D eigenvalue weighted by Gasteiger charge is -2.29. The maximum absolute atomic E-state index is 13.1. The summed E-state index contributed by atoms with van der Waals surface area (Å²) in [6.07, 6.45) is 4.69. The molecule has 0 saturated heterocycles. The third-order valence-electron chi connectivity index (χ3n) is 8.03. The molecule has 264 valence electrons. The van der Waals surface area contributed by atoms with Crippen molar-refractivity contribution in [3.8, 4) is 0 Å². The third-order valence-corrected chi connectivity index (χ3v) is 8.03. The van der Waals surface area contributed by atoms with Crippen molar-refractivity contribution >= 4 is 5.97 Å². The number of hydrogen-bond donors (Lipinski definition) is 9. The Labute approximate surface area is 273 Å². The van der Waals surface area contributed by atoms with E-state index >= 15 is 0 Å². The normalized spacial score (nSPS) is 38.6. The van der Waals surface area contributed by atoms with E-state index in [1.54, 1.807) is 55.5 Å². The molecular weight excluding hydrogens is 596 g/mol. The van der Waals surface area contributed by atoms with E-state index in [1.165, 1.54) is 13.0 Å². The second kappa shape index (κ2) is 23.2. The summed E-state index contributed by atoms with van der Waals surface area (Å²) in [7, 11) is 0. The van der Waals surface area contributed by atoms with Gasteiger partial charge in [-0.1, -0.05) is 80.9 Å². The maximum atomic E-state index is 13.1. The number of allylic oxidation sites excluding steroid dienone is 8. The lowest BCUT2D eigenvalue weighted by Crippen LogP contribution is -2.43.